The van der Waals surface area contributed by atoms with Gasteiger partial charge in [0, 0.05) is 10.9 Å². The molecule has 0 aliphatic heterocycles. The second-order valence-electron chi connectivity index (χ2n) is 5.71. The summed E-state index contributed by atoms with van der Waals surface area (Å²) in [5, 5.41) is 2.80. The molecule has 0 N–H and O–H groups in total. The molecule has 0 fully saturated rings. The summed E-state index contributed by atoms with van der Waals surface area (Å²) in [5.74, 6) is -0.161. The fourth-order valence-electron chi connectivity index (χ4n) is 2.73. The lowest BCUT2D eigenvalue weighted by molar-refractivity contribution is 0.0919. The zero-order valence-electron chi connectivity index (χ0n) is 13.3. The van der Waals surface area contributed by atoms with Gasteiger partial charge in [0.15, 0.2) is 12.4 Å². The van der Waals surface area contributed by atoms with Crippen LogP contribution in [0.5, 0.6) is 5.75 Å². The molecule has 4 heteroatoms. The fraction of sp³-hybridized carbons (Fsp3) is 0.0476. The molecule has 4 aromatic rings. The van der Waals surface area contributed by atoms with Gasteiger partial charge in [-0.15, -0.1) is 0 Å². The van der Waals surface area contributed by atoms with Crippen molar-refractivity contribution in [3.63, 3.8) is 0 Å². The summed E-state index contributed by atoms with van der Waals surface area (Å²) in [5.41, 5.74) is 0.439. The molecule has 25 heavy (non-hydrogen) atoms. The van der Waals surface area contributed by atoms with Gasteiger partial charge >= 0.3 is 5.63 Å². The van der Waals surface area contributed by atoms with Gasteiger partial charge in [-0.25, -0.2) is 4.79 Å². The standard InChI is InChI=1S/C21H14O4/c22-18(16-10-9-14-5-1-2-6-15(14)11-16)13-24-20-12-17-7-3-4-8-19(17)25-21(20)23/h1-12H,13H2. The van der Waals surface area contributed by atoms with E-state index in [2.05, 4.69) is 0 Å². The third-order valence-electron chi connectivity index (χ3n) is 4.04. The summed E-state index contributed by atoms with van der Waals surface area (Å²) in [7, 11) is 0. The van der Waals surface area contributed by atoms with Crippen molar-refractivity contribution in [2.75, 3.05) is 6.61 Å². The van der Waals surface area contributed by atoms with Gasteiger partial charge in [-0.3, -0.25) is 4.79 Å². The Balaban J connectivity index is 1.56. The van der Waals surface area contributed by atoms with Crippen molar-refractivity contribution in [1.29, 1.82) is 0 Å². The molecule has 3 aromatic carbocycles. The summed E-state index contributed by atoms with van der Waals surface area (Å²) in [6.45, 7) is -0.221. The van der Waals surface area contributed by atoms with E-state index in [4.69, 9.17) is 9.15 Å². The highest BCUT2D eigenvalue weighted by Gasteiger charge is 2.11. The van der Waals surface area contributed by atoms with Crippen molar-refractivity contribution in [1.82, 2.24) is 0 Å². The Morgan fingerprint density at radius 3 is 2.40 bits per heavy atom. The minimum atomic E-state index is -0.593. The predicted octanol–water partition coefficient (Wildman–Crippen LogP) is 4.21. The zero-order valence-corrected chi connectivity index (χ0v) is 13.3. The number of carbonyl (C=O) groups is 1. The lowest BCUT2D eigenvalue weighted by atomic mass is 10.0. The Morgan fingerprint density at radius 2 is 1.56 bits per heavy atom. The zero-order chi connectivity index (χ0) is 17.2. The summed E-state index contributed by atoms with van der Waals surface area (Å²) in [6, 6.07) is 22.0. The maximum atomic E-state index is 12.4. The first-order valence-electron chi connectivity index (χ1n) is 7.88. The molecular formula is C21H14O4. The van der Waals surface area contributed by atoms with Crippen LogP contribution in [0, 0.1) is 0 Å². The summed E-state index contributed by atoms with van der Waals surface area (Å²) in [6.07, 6.45) is 0. The van der Waals surface area contributed by atoms with E-state index in [-0.39, 0.29) is 18.1 Å². The molecule has 0 bridgehead atoms. The topological polar surface area (TPSA) is 56.5 Å². The molecule has 4 rings (SSSR count). The van der Waals surface area contributed by atoms with Crippen LogP contribution in [0.2, 0.25) is 0 Å². The van der Waals surface area contributed by atoms with Crippen LogP contribution in [-0.2, 0) is 0 Å². The van der Waals surface area contributed by atoms with Crippen LogP contribution in [0.4, 0.5) is 0 Å². The van der Waals surface area contributed by atoms with Crippen molar-refractivity contribution in [3.05, 3.63) is 88.8 Å². The van der Waals surface area contributed by atoms with E-state index < -0.39 is 5.63 Å². The fourth-order valence-corrected chi connectivity index (χ4v) is 2.73. The highest BCUT2D eigenvalue weighted by molar-refractivity contribution is 6.00. The number of benzene rings is 3. The number of Topliss-reactive ketones (excluding diaryl/α,β-unsaturated/α-hetero) is 1. The molecule has 4 nitrogen and oxygen atoms in total. The Morgan fingerprint density at radius 1 is 0.840 bits per heavy atom. The Labute approximate surface area is 143 Å². The predicted molar refractivity (Wildman–Crippen MR) is 96.3 cm³/mol. The van der Waals surface area contributed by atoms with Gasteiger partial charge in [-0.1, -0.05) is 54.6 Å². The van der Waals surface area contributed by atoms with E-state index in [1.54, 1.807) is 24.3 Å². The van der Waals surface area contributed by atoms with Crippen LogP contribution in [-0.4, -0.2) is 12.4 Å². The molecule has 0 spiro atoms. The molecule has 0 saturated carbocycles. The maximum Gasteiger partial charge on any atom is 0.379 e. The summed E-state index contributed by atoms with van der Waals surface area (Å²) in [4.78, 5) is 24.3. The average molecular weight is 330 g/mol. The molecule has 0 atom stereocenters. The molecular weight excluding hydrogens is 316 g/mol. The van der Waals surface area contributed by atoms with E-state index in [1.165, 1.54) is 0 Å². The molecule has 122 valence electrons. The molecule has 1 aromatic heterocycles. The number of hydrogen-bond donors (Lipinski definition) is 0. The van der Waals surface area contributed by atoms with Crippen LogP contribution in [0.25, 0.3) is 21.7 Å². The maximum absolute atomic E-state index is 12.4. The van der Waals surface area contributed by atoms with Gasteiger partial charge in [0.1, 0.15) is 5.58 Å². The number of ketones is 1. The Bertz CT molecular complexity index is 1140. The van der Waals surface area contributed by atoms with E-state index in [9.17, 15) is 9.59 Å². The lowest BCUT2D eigenvalue weighted by Gasteiger charge is -2.06. The molecule has 0 unspecified atom stereocenters. The smallest absolute Gasteiger partial charge is 0.379 e. The van der Waals surface area contributed by atoms with Gasteiger partial charge in [0.05, 0.1) is 0 Å². The van der Waals surface area contributed by atoms with Crippen LogP contribution < -0.4 is 10.4 Å². The SMILES string of the molecule is O=C(COc1cc2ccccc2oc1=O)c1ccc2ccccc2c1. The van der Waals surface area contributed by atoms with Gasteiger partial charge < -0.3 is 9.15 Å². The normalized spacial score (nSPS) is 10.9. The second-order valence-corrected chi connectivity index (χ2v) is 5.71. The van der Waals surface area contributed by atoms with E-state index in [0.29, 0.717) is 11.1 Å². The number of fused-ring (bicyclic) bond motifs is 2. The summed E-state index contributed by atoms with van der Waals surface area (Å²) < 4.78 is 10.6. The van der Waals surface area contributed by atoms with Crippen molar-refractivity contribution in [2.45, 2.75) is 0 Å². The molecule has 1 heterocycles. The summed E-state index contributed by atoms with van der Waals surface area (Å²) >= 11 is 0. The van der Waals surface area contributed by atoms with Crippen LogP contribution in [0.1, 0.15) is 10.4 Å². The molecule has 0 amide bonds. The average Bonchev–Trinajstić information content (AvgIpc) is 2.65. The molecule has 0 aliphatic rings. The van der Waals surface area contributed by atoms with E-state index in [1.807, 2.05) is 48.5 Å². The van der Waals surface area contributed by atoms with Crippen molar-refractivity contribution in [2.24, 2.45) is 0 Å². The van der Waals surface area contributed by atoms with Crippen molar-refractivity contribution >= 4 is 27.5 Å². The monoisotopic (exact) mass is 330 g/mol. The molecule has 0 aliphatic carbocycles. The highest BCUT2D eigenvalue weighted by Crippen LogP contribution is 2.18. The number of hydrogen-bond acceptors (Lipinski definition) is 4. The van der Waals surface area contributed by atoms with Crippen LogP contribution in [0.3, 0.4) is 0 Å². The number of rotatable bonds is 4. The van der Waals surface area contributed by atoms with Gasteiger partial charge in [-0.05, 0) is 29.0 Å². The molecule has 0 saturated heterocycles. The van der Waals surface area contributed by atoms with E-state index >= 15 is 0 Å². The molecule has 0 radical (unpaired) electrons. The van der Waals surface area contributed by atoms with Gasteiger partial charge in [0.2, 0.25) is 5.75 Å². The minimum Gasteiger partial charge on any atom is -0.478 e. The van der Waals surface area contributed by atoms with Crippen molar-refractivity contribution in [3.8, 4) is 5.75 Å². The van der Waals surface area contributed by atoms with Crippen molar-refractivity contribution < 1.29 is 13.9 Å². The first-order valence-corrected chi connectivity index (χ1v) is 7.88. The highest BCUT2D eigenvalue weighted by atomic mass is 16.5. The Kier molecular flexibility index (Phi) is 3.78. The first-order chi connectivity index (χ1) is 12.2. The third-order valence-corrected chi connectivity index (χ3v) is 4.04. The Hall–Kier alpha value is -3.40. The quantitative estimate of drug-likeness (QED) is 0.415. The largest absolute Gasteiger partial charge is 0.478 e. The lowest BCUT2D eigenvalue weighted by Crippen LogP contribution is -2.15. The van der Waals surface area contributed by atoms with Crippen LogP contribution in [0.15, 0.2) is 82.0 Å². The number of carbonyl (C=O) groups excluding carboxylic acids is 1. The third kappa shape index (κ3) is 3.02. The van der Waals surface area contributed by atoms with E-state index in [0.717, 1.165) is 16.2 Å². The first kappa shape index (κ1) is 15.1. The minimum absolute atomic E-state index is 0.0350. The van der Waals surface area contributed by atoms with Gasteiger partial charge in [0.25, 0.3) is 0 Å². The number of para-hydroxylation sites is 1. The number of ether oxygens (including phenoxy) is 1. The van der Waals surface area contributed by atoms with Gasteiger partial charge in [-0.2, -0.15) is 0 Å². The van der Waals surface area contributed by atoms with Crippen LogP contribution >= 0.6 is 0 Å². The second kappa shape index (κ2) is 6.24.